The SMILES string of the molecule is O=c1[nH]cc(C2CCNCC2)c2ccc(Cl)cc12. The molecule has 0 spiro atoms. The van der Waals surface area contributed by atoms with Crippen molar-refractivity contribution in [2.75, 3.05) is 13.1 Å². The van der Waals surface area contributed by atoms with E-state index in [4.69, 9.17) is 11.6 Å². The maximum atomic E-state index is 11.8. The molecule has 4 heteroatoms. The van der Waals surface area contributed by atoms with Crippen molar-refractivity contribution in [2.24, 2.45) is 0 Å². The fourth-order valence-electron chi connectivity index (χ4n) is 2.73. The quantitative estimate of drug-likeness (QED) is 0.830. The van der Waals surface area contributed by atoms with E-state index in [2.05, 4.69) is 10.3 Å². The molecule has 2 aromatic rings. The highest BCUT2D eigenvalue weighted by Gasteiger charge is 2.18. The number of H-pyrrole nitrogens is 1. The second kappa shape index (κ2) is 4.75. The van der Waals surface area contributed by atoms with Crippen LogP contribution in [0, 0.1) is 0 Å². The van der Waals surface area contributed by atoms with E-state index in [1.165, 1.54) is 5.56 Å². The van der Waals surface area contributed by atoms with E-state index in [1.54, 1.807) is 6.07 Å². The van der Waals surface area contributed by atoms with Gasteiger partial charge in [0.05, 0.1) is 0 Å². The van der Waals surface area contributed by atoms with Gasteiger partial charge in [-0.05, 0) is 54.9 Å². The minimum Gasteiger partial charge on any atom is -0.328 e. The van der Waals surface area contributed by atoms with Gasteiger partial charge in [0.2, 0.25) is 0 Å². The van der Waals surface area contributed by atoms with Gasteiger partial charge in [-0.2, -0.15) is 0 Å². The van der Waals surface area contributed by atoms with Crippen molar-refractivity contribution in [3.63, 3.8) is 0 Å². The Labute approximate surface area is 110 Å². The van der Waals surface area contributed by atoms with Crippen LogP contribution in [-0.2, 0) is 0 Å². The van der Waals surface area contributed by atoms with Crippen molar-refractivity contribution in [1.29, 1.82) is 0 Å². The Bertz CT molecular complexity index is 629. The van der Waals surface area contributed by atoms with Crippen LogP contribution in [0.5, 0.6) is 0 Å². The molecule has 3 nitrogen and oxygen atoms in total. The maximum Gasteiger partial charge on any atom is 0.255 e. The molecule has 1 aliphatic heterocycles. The highest BCUT2D eigenvalue weighted by atomic mass is 35.5. The second-order valence-corrected chi connectivity index (χ2v) is 5.22. The van der Waals surface area contributed by atoms with Gasteiger partial charge in [-0.15, -0.1) is 0 Å². The van der Waals surface area contributed by atoms with Crippen LogP contribution in [0.4, 0.5) is 0 Å². The number of benzene rings is 1. The van der Waals surface area contributed by atoms with Gasteiger partial charge in [0.1, 0.15) is 0 Å². The number of nitrogens with one attached hydrogen (secondary N) is 2. The van der Waals surface area contributed by atoms with Crippen LogP contribution < -0.4 is 10.9 Å². The maximum absolute atomic E-state index is 11.8. The summed E-state index contributed by atoms with van der Waals surface area (Å²) in [5, 5.41) is 5.70. The van der Waals surface area contributed by atoms with E-state index >= 15 is 0 Å². The lowest BCUT2D eigenvalue weighted by Gasteiger charge is -2.23. The lowest BCUT2D eigenvalue weighted by atomic mass is 9.88. The van der Waals surface area contributed by atoms with Crippen LogP contribution in [-0.4, -0.2) is 18.1 Å². The van der Waals surface area contributed by atoms with E-state index in [1.807, 2.05) is 18.3 Å². The van der Waals surface area contributed by atoms with Crippen LogP contribution >= 0.6 is 11.6 Å². The predicted molar refractivity (Wildman–Crippen MR) is 74.4 cm³/mol. The number of aromatic amines is 1. The zero-order valence-corrected chi connectivity index (χ0v) is 10.8. The number of fused-ring (bicyclic) bond motifs is 1. The van der Waals surface area contributed by atoms with Gasteiger partial charge in [0, 0.05) is 16.6 Å². The minimum absolute atomic E-state index is 0.0646. The molecular formula is C14H15ClN2O. The van der Waals surface area contributed by atoms with Crippen LogP contribution in [0.3, 0.4) is 0 Å². The van der Waals surface area contributed by atoms with Gasteiger partial charge in [-0.1, -0.05) is 17.7 Å². The smallest absolute Gasteiger partial charge is 0.255 e. The monoisotopic (exact) mass is 262 g/mol. The third-order valence-corrected chi connectivity index (χ3v) is 3.91. The third-order valence-electron chi connectivity index (χ3n) is 3.67. The fourth-order valence-corrected chi connectivity index (χ4v) is 2.90. The molecule has 1 aliphatic rings. The van der Waals surface area contributed by atoms with Gasteiger partial charge in [0.15, 0.2) is 0 Å². The first-order valence-electron chi connectivity index (χ1n) is 6.27. The summed E-state index contributed by atoms with van der Waals surface area (Å²) in [7, 11) is 0. The molecule has 1 saturated heterocycles. The summed E-state index contributed by atoms with van der Waals surface area (Å²) in [4.78, 5) is 14.7. The summed E-state index contributed by atoms with van der Waals surface area (Å²) in [6.45, 7) is 2.08. The van der Waals surface area contributed by atoms with Crippen LogP contribution in [0.25, 0.3) is 10.8 Å². The van der Waals surface area contributed by atoms with Crippen LogP contribution in [0.2, 0.25) is 5.02 Å². The average molecular weight is 263 g/mol. The molecule has 0 aliphatic carbocycles. The summed E-state index contributed by atoms with van der Waals surface area (Å²) < 4.78 is 0. The first-order chi connectivity index (χ1) is 8.75. The topological polar surface area (TPSA) is 44.9 Å². The Morgan fingerprint density at radius 2 is 1.94 bits per heavy atom. The van der Waals surface area contributed by atoms with Crippen molar-refractivity contribution < 1.29 is 0 Å². The largest absolute Gasteiger partial charge is 0.328 e. The molecule has 0 unspecified atom stereocenters. The fraction of sp³-hybridized carbons (Fsp3) is 0.357. The van der Waals surface area contributed by atoms with E-state index in [0.29, 0.717) is 16.3 Å². The second-order valence-electron chi connectivity index (χ2n) is 4.79. The van der Waals surface area contributed by atoms with Gasteiger partial charge in [-0.25, -0.2) is 0 Å². The normalized spacial score (nSPS) is 17.2. The molecule has 2 N–H and O–H groups in total. The summed E-state index contributed by atoms with van der Waals surface area (Å²) in [5.41, 5.74) is 1.17. The summed E-state index contributed by atoms with van der Waals surface area (Å²) in [6, 6.07) is 5.57. The molecule has 1 fully saturated rings. The van der Waals surface area contributed by atoms with E-state index in [-0.39, 0.29) is 5.56 Å². The molecule has 0 saturated carbocycles. The average Bonchev–Trinajstić information content (AvgIpc) is 2.41. The molecule has 1 aromatic heterocycles. The molecule has 1 aromatic carbocycles. The molecule has 0 bridgehead atoms. The predicted octanol–water partition coefficient (Wildman–Crippen LogP) is 2.65. The van der Waals surface area contributed by atoms with Crippen LogP contribution in [0.15, 0.2) is 29.2 Å². The summed E-state index contributed by atoms with van der Waals surface area (Å²) in [6.07, 6.45) is 4.10. The molecule has 3 rings (SSSR count). The standard InChI is InChI=1S/C14H15ClN2O/c15-10-1-2-11-12(7-10)14(18)17-8-13(11)9-3-5-16-6-4-9/h1-2,7-9,16H,3-6H2,(H,17,18). The first-order valence-corrected chi connectivity index (χ1v) is 6.65. The van der Waals surface area contributed by atoms with Gasteiger partial charge in [0.25, 0.3) is 5.56 Å². The van der Waals surface area contributed by atoms with Crippen molar-refractivity contribution in [3.8, 4) is 0 Å². The van der Waals surface area contributed by atoms with Crippen LogP contribution in [0.1, 0.15) is 24.3 Å². The van der Waals surface area contributed by atoms with Crippen molar-refractivity contribution in [2.45, 2.75) is 18.8 Å². The van der Waals surface area contributed by atoms with E-state index < -0.39 is 0 Å². The van der Waals surface area contributed by atoms with E-state index in [9.17, 15) is 4.79 Å². The zero-order valence-electron chi connectivity index (χ0n) is 10.0. The molecule has 0 amide bonds. The number of aromatic nitrogens is 1. The summed E-state index contributed by atoms with van der Waals surface area (Å²) >= 11 is 5.97. The van der Waals surface area contributed by atoms with Gasteiger partial charge >= 0.3 is 0 Å². The summed E-state index contributed by atoms with van der Waals surface area (Å²) in [5.74, 6) is 0.520. The zero-order chi connectivity index (χ0) is 12.5. The van der Waals surface area contributed by atoms with Gasteiger partial charge in [-0.3, -0.25) is 4.79 Å². The van der Waals surface area contributed by atoms with Crippen molar-refractivity contribution >= 4 is 22.4 Å². The highest BCUT2D eigenvalue weighted by Crippen LogP contribution is 2.30. The molecule has 2 heterocycles. The van der Waals surface area contributed by atoms with E-state index in [0.717, 1.165) is 31.3 Å². The Hall–Kier alpha value is -1.32. The Morgan fingerprint density at radius 1 is 1.17 bits per heavy atom. The number of pyridine rings is 1. The molecular weight excluding hydrogens is 248 g/mol. The van der Waals surface area contributed by atoms with Crippen molar-refractivity contribution in [1.82, 2.24) is 10.3 Å². The highest BCUT2D eigenvalue weighted by molar-refractivity contribution is 6.31. The molecule has 0 radical (unpaired) electrons. The number of halogens is 1. The molecule has 18 heavy (non-hydrogen) atoms. The number of hydrogen-bond acceptors (Lipinski definition) is 2. The number of hydrogen-bond donors (Lipinski definition) is 2. The molecule has 94 valence electrons. The lowest BCUT2D eigenvalue weighted by Crippen LogP contribution is -2.27. The molecule has 0 atom stereocenters. The minimum atomic E-state index is -0.0646. The number of rotatable bonds is 1. The lowest BCUT2D eigenvalue weighted by molar-refractivity contribution is 0.461. The van der Waals surface area contributed by atoms with Gasteiger partial charge < -0.3 is 10.3 Å². The Kier molecular flexibility index (Phi) is 3.10. The van der Waals surface area contributed by atoms with Crippen molar-refractivity contribution in [3.05, 3.63) is 45.3 Å². The Balaban J connectivity index is 2.17. The number of piperidine rings is 1. The third kappa shape index (κ3) is 2.04. The Morgan fingerprint density at radius 3 is 2.72 bits per heavy atom. The first kappa shape index (κ1) is 11.8.